The standard InChI is InChI=1S/C19H17ClFN3O2/c20-14-11-13(21)7-8-15(14)25-16(12-5-2-1-3-6-12)17-23-18(24-26-17)19(22)9-4-10-19/h1-3,5-8,11,16H,4,9-10,22H2. The van der Waals surface area contributed by atoms with E-state index in [2.05, 4.69) is 10.1 Å². The molecule has 1 fully saturated rings. The van der Waals surface area contributed by atoms with Gasteiger partial charge in [-0.15, -0.1) is 0 Å². The fourth-order valence-electron chi connectivity index (χ4n) is 2.91. The Morgan fingerprint density at radius 1 is 1.19 bits per heavy atom. The maximum absolute atomic E-state index is 13.3. The van der Waals surface area contributed by atoms with Gasteiger partial charge in [-0.3, -0.25) is 0 Å². The van der Waals surface area contributed by atoms with Gasteiger partial charge in [-0.2, -0.15) is 4.98 Å². The van der Waals surface area contributed by atoms with Gasteiger partial charge in [0, 0.05) is 5.56 Å². The van der Waals surface area contributed by atoms with Gasteiger partial charge in [-0.05, 0) is 37.5 Å². The van der Waals surface area contributed by atoms with Crippen molar-refractivity contribution in [3.8, 4) is 5.75 Å². The van der Waals surface area contributed by atoms with E-state index in [9.17, 15) is 4.39 Å². The molecule has 1 atom stereocenters. The van der Waals surface area contributed by atoms with Gasteiger partial charge >= 0.3 is 0 Å². The average Bonchev–Trinajstić information content (AvgIpc) is 3.10. The van der Waals surface area contributed by atoms with E-state index in [1.165, 1.54) is 18.2 Å². The first-order valence-electron chi connectivity index (χ1n) is 8.35. The van der Waals surface area contributed by atoms with Crippen molar-refractivity contribution in [1.29, 1.82) is 0 Å². The van der Waals surface area contributed by atoms with Crippen molar-refractivity contribution in [2.75, 3.05) is 0 Å². The van der Waals surface area contributed by atoms with Gasteiger partial charge in [0.15, 0.2) is 5.82 Å². The molecule has 2 N–H and O–H groups in total. The maximum atomic E-state index is 13.3. The molecule has 2 aromatic carbocycles. The van der Waals surface area contributed by atoms with Gasteiger partial charge in [0.25, 0.3) is 5.89 Å². The molecule has 4 rings (SSSR count). The fraction of sp³-hybridized carbons (Fsp3) is 0.263. The normalized spacial score (nSPS) is 16.7. The first-order chi connectivity index (χ1) is 12.5. The van der Waals surface area contributed by atoms with Gasteiger partial charge in [0.1, 0.15) is 11.6 Å². The van der Waals surface area contributed by atoms with Crippen LogP contribution in [0.15, 0.2) is 53.1 Å². The Balaban J connectivity index is 1.70. The van der Waals surface area contributed by atoms with Crippen molar-refractivity contribution in [3.63, 3.8) is 0 Å². The van der Waals surface area contributed by atoms with Crippen molar-refractivity contribution in [3.05, 3.63) is 76.6 Å². The average molecular weight is 374 g/mol. The highest BCUT2D eigenvalue weighted by Gasteiger charge is 2.40. The Hall–Kier alpha value is -2.44. The van der Waals surface area contributed by atoms with Gasteiger partial charge in [-0.1, -0.05) is 47.1 Å². The van der Waals surface area contributed by atoms with E-state index in [0.29, 0.717) is 11.6 Å². The second-order valence-electron chi connectivity index (χ2n) is 6.45. The van der Waals surface area contributed by atoms with Crippen molar-refractivity contribution in [2.45, 2.75) is 30.9 Å². The lowest BCUT2D eigenvalue weighted by atomic mass is 9.77. The monoisotopic (exact) mass is 373 g/mol. The number of halogens is 2. The van der Waals surface area contributed by atoms with Crippen LogP contribution < -0.4 is 10.5 Å². The number of benzene rings is 2. The number of rotatable bonds is 5. The largest absolute Gasteiger partial charge is 0.474 e. The van der Waals surface area contributed by atoms with Crippen LogP contribution in [-0.2, 0) is 5.54 Å². The van der Waals surface area contributed by atoms with Gasteiger partial charge < -0.3 is 15.0 Å². The number of ether oxygens (including phenoxy) is 1. The van der Waals surface area contributed by atoms with Crippen LogP contribution in [-0.4, -0.2) is 10.1 Å². The molecular formula is C19H17ClFN3O2. The Labute approximate surface area is 154 Å². The molecule has 1 aliphatic carbocycles. The van der Waals surface area contributed by atoms with Gasteiger partial charge in [0.05, 0.1) is 10.6 Å². The van der Waals surface area contributed by atoms with Crippen LogP contribution >= 0.6 is 11.6 Å². The fourth-order valence-corrected chi connectivity index (χ4v) is 3.12. The Morgan fingerprint density at radius 3 is 2.62 bits per heavy atom. The molecule has 1 aliphatic rings. The lowest BCUT2D eigenvalue weighted by Gasteiger charge is -2.34. The second kappa shape index (κ2) is 6.70. The van der Waals surface area contributed by atoms with Crippen molar-refractivity contribution in [2.24, 2.45) is 5.73 Å². The number of hydrogen-bond acceptors (Lipinski definition) is 5. The van der Waals surface area contributed by atoms with Gasteiger partial charge in [-0.25, -0.2) is 4.39 Å². The molecule has 26 heavy (non-hydrogen) atoms. The summed E-state index contributed by atoms with van der Waals surface area (Å²) in [7, 11) is 0. The predicted molar refractivity (Wildman–Crippen MR) is 94.3 cm³/mol. The minimum Gasteiger partial charge on any atom is -0.474 e. The minimum absolute atomic E-state index is 0.167. The molecule has 7 heteroatoms. The SMILES string of the molecule is NC1(c2noc(C(Oc3ccc(F)cc3Cl)c3ccccc3)n2)CCC1. The quantitative estimate of drug-likeness (QED) is 0.718. The summed E-state index contributed by atoms with van der Waals surface area (Å²) < 4.78 is 24.8. The molecule has 1 aromatic heterocycles. The zero-order chi connectivity index (χ0) is 18.1. The topological polar surface area (TPSA) is 74.2 Å². The second-order valence-corrected chi connectivity index (χ2v) is 6.86. The summed E-state index contributed by atoms with van der Waals surface area (Å²) in [6.07, 6.45) is 2.02. The first kappa shape index (κ1) is 17.0. The molecule has 1 saturated carbocycles. The van der Waals surface area contributed by atoms with Crippen LogP contribution in [0.4, 0.5) is 4.39 Å². The number of aromatic nitrogens is 2. The number of hydrogen-bond donors (Lipinski definition) is 1. The minimum atomic E-state index is -0.677. The Kier molecular flexibility index (Phi) is 4.38. The van der Waals surface area contributed by atoms with Crippen LogP contribution in [0, 0.1) is 5.82 Å². The van der Waals surface area contributed by atoms with E-state index < -0.39 is 17.5 Å². The van der Waals surface area contributed by atoms with E-state index in [1.54, 1.807) is 0 Å². The molecule has 0 spiro atoms. The van der Waals surface area contributed by atoms with E-state index in [-0.39, 0.29) is 10.9 Å². The smallest absolute Gasteiger partial charge is 0.272 e. The summed E-state index contributed by atoms with van der Waals surface area (Å²) in [4.78, 5) is 4.48. The highest BCUT2D eigenvalue weighted by atomic mass is 35.5. The zero-order valence-corrected chi connectivity index (χ0v) is 14.6. The van der Waals surface area contributed by atoms with Crippen LogP contribution in [0.25, 0.3) is 0 Å². The van der Waals surface area contributed by atoms with Gasteiger partial charge in [0.2, 0.25) is 6.10 Å². The molecule has 1 unspecified atom stereocenters. The molecule has 0 aliphatic heterocycles. The zero-order valence-electron chi connectivity index (χ0n) is 13.9. The molecule has 0 saturated heterocycles. The molecule has 0 bridgehead atoms. The summed E-state index contributed by atoms with van der Waals surface area (Å²) in [5, 5.41) is 4.22. The third kappa shape index (κ3) is 3.18. The van der Waals surface area contributed by atoms with E-state index in [4.69, 9.17) is 26.6 Å². The molecule has 0 amide bonds. The molecule has 3 aromatic rings. The summed E-state index contributed by atoms with van der Waals surface area (Å²) in [5.41, 5.74) is 6.56. The third-order valence-electron chi connectivity index (χ3n) is 4.60. The molecule has 1 heterocycles. The highest BCUT2D eigenvalue weighted by molar-refractivity contribution is 6.32. The molecule has 134 valence electrons. The third-order valence-corrected chi connectivity index (χ3v) is 4.89. The maximum Gasteiger partial charge on any atom is 0.272 e. The van der Waals surface area contributed by atoms with Crippen molar-refractivity contribution < 1.29 is 13.7 Å². The Bertz CT molecular complexity index is 912. The molecule has 0 radical (unpaired) electrons. The highest BCUT2D eigenvalue weighted by Crippen LogP contribution is 2.38. The molecule has 5 nitrogen and oxygen atoms in total. The van der Waals surface area contributed by atoms with Crippen molar-refractivity contribution in [1.82, 2.24) is 10.1 Å². The van der Waals surface area contributed by atoms with E-state index in [1.807, 2.05) is 30.3 Å². The van der Waals surface area contributed by atoms with Crippen LogP contribution in [0.1, 0.15) is 42.6 Å². The van der Waals surface area contributed by atoms with E-state index >= 15 is 0 Å². The Morgan fingerprint density at radius 2 is 1.96 bits per heavy atom. The first-order valence-corrected chi connectivity index (χ1v) is 8.73. The van der Waals surface area contributed by atoms with Crippen LogP contribution in [0.5, 0.6) is 5.75 Å². The summed E-state index contributed by atoms with van der Waals surface area (Å²) in [5.74, 6) is 0.651. The predicted octanol–water partition coefficient (Wildman–Crippen LogP) is 4.37. The summed E-state index contributed by atoms with van der Waals surface area (Å²) in [6, 6.07) is 13.4. The lowest BCUT2D eigenvalue weighted by molar-refractivity contribution is 0.191. The molecular weight excluding hydrogens is 357 g/mol. The lowest BCUT2D eigenvalue weighted by Crippen LogP contribution is -2.44. The van der Waals surface area contributed by atoms with E-state index in [0.717, 1.165) is 24.8 Å². The summed E-state index contributed by atoms with van der Waals surface area (Å²) in [6.45, 7) is 0. The number of nitrogens with zero attached hydrogens (tertiary/aromatic N) is 2. The summed E-state index contributed by atoms with van der Waals surface area (Å²) >= 11 is 6.11. The number of nitrogens with two attached hydrogens (primary N) is 1. The van der Waals surface area contributed by atoms with Crippen LogP contribution in [0.2, 0.25) is 5.02 Å². The van der Waals surface area contributed by atoms with Crippen LogP contribution in [0.3, 0.4) is 0 Å². The van der Waals surface area contributed by atoms with Crippen molar-refractivity contribution >= 4 is 11.6 Å².